The third-order valence-electron chi connectivity index (χ3n) is 3.41. The van der Waals surface area contributed by atoms with Crippen LogP contribution in [0.1, 0.15) is 36.6 Å². The van der Waals surface area contributed by atoms with Crippen molar-refractivity contribution in [1.82, 2.24) is 5.32 Å². The second-order valence-corrected chi connectivity index (χ2v) is 6.44. The Balaban J connectivity index is 2.50. The van der Waals surface area contributed by atoms with Crippen molar-refractivity contribution in [2.75, 3.05) is 12.9 Å². The summed E-state index contributed by atoms with van der Waals surface area (Å²) in [7, 11) is 1.35. The highest BCUT2D eigenvalue weighted by molar-refractivity contribution is 8.01. The maximum atomic E-state index is 11.9. The largest absolute Gasteiger partial charge is 0.468 e. The van der Waals surface area contributed by atoms with Crippen molar-refractivity contribution in [3.63, 3.8) is 0 Å². The van der Waals surface area contributed by atoms with Gasteiger partial charge in [-0.25, -0.2) is 0 Å². The number of rotatable bonds is 6. The number of esters is 1. The summed E-state index contributed by atoms with van der Waals surface area (Å²) in [5.74, 6) is -0.151. The van der Waals surface area contributed by atoms with E-state index in [0.717, 1.165) is 5.56 Å². The van der Waals surface area contributed by atoms with Gasteiger partial charge in [0.1, 0.15) is 5.25 Å². The Kier molecular flexibility index (Phi) is 6.75. The Hall–Kier alpha value is -1.49. The van der Waals surface area contributed by atoms with Crippen molar-refractivity contribution in [3.8, 4) is 0 Å². The third kappa shape index (κ3) is 5.42. The molecule has 0 saturated heterocycles. The van der Waals surface area contributed by atoms with Crippen LogP contribution in [-0.2, 0) is 14.3 Å². The Morgan fingerprint density at radius 2 is 1.90 bits per heavy atom. The first kappa shape index (κ1) is 17.6. The van der Waals surface area contributed by atoms with E-state index in [1.54, 1.807) is 6.92 Å². The fourth-order valence-corrected chi connectivity index (χ4v) is 2.55. The molecule has 0 heterocycles. The molecule has 1 N–H and O–H groups in total. The van der Waals surface area contributed by atoms with Crippen LogP contribution >= 0.6 is 11.8 Å². The molecule has 0 saturated carbocycles. The van der Waals surface area contributed by atoms with Crippen molar-refractivity contribution in [3.05, 3.63) is 34.9 Å². The van der Waals surface area contributed by atoms with E-state index < -0.39 is 0 Å². The topological polar surface area (TPSA) is 55.4 Å². The van der Waals surface area contributed by atoms with E-state index in [1.807, 2.05) is 13.0 Å². The summed E-state index contributed by atoms with van der Waals surface area (Å²) in [5.41, 5.74) is 3.53. The van der Waals surface area contributed by atoms with E-state index in [0.29, 0.717) is 0 Å². The number of thioether (sulfide) groups is 1. The number of amides is 1. The predicted octanol–water partition coefficient (Wildman–Crippen LogP) is 2.78. The highest BCUT2D eigenvalue weighted by atomic mass is 32.2. The molecular weight excluding hydrogens is 286 g/mol. The van der Waals surface area contributed by atoms with E-state index in [2.05, 4.69) is 36.0 Å². The van der Waals surface area contributed by atoms with Crippen LogP contribution in [0.25, 0.3) is 0 Å². The first-order chi connectivity index (χ1) is 9.85. The zero-order valence-corrected chi connectivity index (χ0v) is 14.0. The molecule has 0 radical (unpaired) electrons. The molecule has 0 spiro atoms. The van der Waals surface area contributed by atoms with Crippen LogP contribution in [0.4, 0.5) is 0 Å². The lowest BCUT2D eigenvalue weighted by atomic mass is 10.0. The molecule has 5 heteroatoms. The van der Waals surface area contributed by atoms with Gasteiger partial charge in [-0.05, 0) is 44.4 Å². The number of methoxy groups -OCH3 is 1. The minimum Gasteiger partial charge on any atom is -0.468 e. The lowest BCUT2D eigenvalue weighted by Crippen LogP contribution is -2.29. The Morgan fingerprint density at radius 1 is 1.24 bits per heavy atom. The quantitative estimate of drug-likeness (QED) is 0.821. The van der Waals surface area contributed by atoms with Crippen LogP contribution < -0.4 is 5.32 Å². The fourth-order valence-electron chi connectivity index (χ4n) is 1.84. The molecule has 1 rings (SSSR count). The lowest BCUT2D eigenvalue weighted by Gasteiger charge is -2.16. The molecule has 4 nitrogen and oxygen atoms in total. The molecule has 0 fully saturated rings. The van der Waals surface area contributed by atoms with Gasteiger partial charge in [-0.3, -0.25) is 9.59 Å². The molecule has 1 aromatic rings. The van der Waals surface area contributed by atoms with Gasteiger partial charge in [0, 0.05) is 0 Å². The van der Waals surface area contributed by atoms with E-state index in [4.69, 9.17) is 0 Å². The van der Waals surface area contributed by atoms with Gasteiger partial charge in [0.25, 0.3) is 0 Å². The predicted molar refractivity (Wildman–Crippen MR) is 86.4 cm³/mol. The minimum absolute atomic E-state index is 0.0502. The summed E-state index contributed by atoms with van der Waals surface area (Å²) in [5, 5.41) is 2.61. The number of carbonyl (C=O) groups excluding carboxylic acids is 2. The molecule has 116 valence electrons. The summed E-state index contributed by atoms with van der Waals surface area (Å²) >= 11 is 1.27. The molecule has 2 unspecified atom stereocenters. The smallest absolute Gasteiger partial charge is 0.318 e. The molecule has 0 bridgehead atoms. The average Bonchev–Trinajstić information content (AvgIpc) is 2.46. The van der Waals surface area contributed by atoms with Gasteiger partial charge < -0.3 is 10.1 Å². The fraction of sp³-hybridized carbons (Fsp3) is 0.500. The van der Waals surface area contributed by atoms with Crippen LogP contribution in [-0.4, -0.2) is 30.0 Å². The Morgan fingerprint density at radius 3 is 2.48 bits per heavy atom. The number of ether oxygens (including phenoxy) is 1. The van der Waals surface area contributed by atoms with E-state index in [1.165, 1.54) is 30.0 Å². The molecule has 1 aromatic carbocycles. The summed E-state index contributed by atoms with van der Waals surface area (Å²) < 4.78 is 4.63. The Labute approximate surface area is 130 Å². The van der Waals surface area contributed by atoms with Crippen molar-refractivity contribution < 1.29 is 14.3 Å². The molecule has 0 aliphatic heterocycles. The zero-order chi connectivity index (χ0) is 16.0. The van der Waals surface area contributed by atoms with Crippen molar-refractivity contribution in [1.29, 1.82) is 0 Å². The summed E-state index contributed by atoms with van der Waals surface area (Å²) in [6.07, 6.45) is 0. The Bertz CT molecular complexity index is 516. The number of carbonyl (C=O) groups is 2. The first-order valence-corrected chi connectivity index (χ1v) is 7.96. The van der Waals surface area contributed by atoms with Gasteiger partial charge in [0.2, 0.25) is 5.91 Å². The van der Waals surface area contributed by atoms with Crippen molar-refractivity contribution in [2.24, 2.45) is 0 Å². The van der Waals surface area contributed by atoms with Gasteiger partial charge in [-0.2, -0.15) is 0 Å². The van der Waals surface area contributed by atoms with Crippen LogP contribution in [0, 0.1) is 13.8 Å². The molecule has 1 amide bonds. The maximum Gasteiger partial charge on any atom is 0.318 e. The van der Waals surface area contributed by atoms with Crippen LogP contribution in [0.15, 0.2) is 18.2 Å². The van der Waals surface area contributed by atoms with Gasteiger partial charge in [-0.15, -0.1) is 11.8 Å². The monoisotopic (exact) mass is 309 g/mol. The maximum absolute atomic E-state index is 11.9. The number of benzene rings is 1. The number of hydrogen-bond acceptors (Lipinski definition) is 4. The first-order valence-electron chi connectivity index (χ1n) is 6.91. The number of aryl methyl sites for hydroxylation is 2. The zero-order valence-electron chi connectivity index (χ0n) is 13.2. The van der Waals surface area contributed by atoms with Gasteiger partial charge in [-0.1, -0.05) is 18.2 Å². The van der Waals surface area contributed by atoms with Crippen molar-refractivity contribution >= 4 is 23.6 Å². The second kappa shape index (κ2) is 8.08. The van der Waals surface area contributed by atoms with E-state index in [-0.39, 0.29) is 28.9 Å². The molecule has 0 aliphatic carbocycles. The average molecular weight is 309 g/mol. The summed E-state index contributed by atoms with van der Waals surface area (Å²) in [6.45, 7) is 7.81. The SMILES string of the molecule is COC(=O)C(C)SCC(=O)NC(C)c1ccc(C)c(C)c1. The van der Waals surface area contributed by atoms with Crippen LogP contribution in [0.2, 0.25) is 0 Å². The molecular formula is C16H23NO3S. The normalized spacial score (nSPS) is 13.4. The lowest BCUT2D eigenvalue weighted by molar-refractivity contribution is -0.139. The highest BCUT2D eigenvalue weighted by Crippen LogP contribution is 2.17. The van der Waals surface area contributed by atoms with Crippen molar-refractivity contribution in [2.45, 2.75) is 39.0 Å². The molecule has 21 heavy (non-hydrogen) atoms. The molecule has 0 aromatic heterocycles. The van der Waals surface area contributed by atoms with E-state index >= 15 is 0 Å². The minimum atomic E-state index is -0.335. The van der Waals surface area contributed by atoms with E-state index in [9.17, 15) is 9.59 Å². The summed E-state index contributed by atoms with van der Waals surface area (Å²) in [6, 6.07) is 6.12. The van der Waals surface area contributed by atoms with Gasteiger partial charge in [0.15, 0.2) is 0 Å². The van der Waals surface area contributed by atoms with Gasteiger partial charge in [0.05, 0.1) is 18.9 Å². The third-order valence-corrected chi connectivity index (χ3v) is 4.53. The number of nitrogens with one attached hydrogen (secondary N) is 1. The van der Waals surface area contributed by atoms with Crippen LogP contribution in [0.5, 0.6) is 0 Å². The van der Waals surface area contributed by atoms with Crippen LogP contribution in [0.3, 0.4) is 0 Å². The standard InChI is InChI=1S/C16H23NO3S/c1-10-6-7-14(8-11(10)2)12(3)17-15(18)9-21-13(4)16(19)20-5/h6-8,12-13H,9H2,1-5H3,(H,17,18). The molecule has 2 atom stereocenters. The molecule has 0 aliphatic rings. The van der Waals surface area contributed by atoms with Gasteiger partial charge >= 0.3 is 5.97 Å². The highest BCUT2D eigenvalue weighted by Gasteiger charge is 2.16. The number of hydrogen-bond donors (Lipinski definition) is 1. The second-order valence-electron chi connectivity index (χ2n) is 5.11. The summed E-state index contributed by atoms with van der Waals surface area (Å²) in [4.78, 5) is 23.2.